The summed E-state index contributed by atoms with van der Waals surface area (Å²) in [6.45, 7) is 1.32. The average molecular weight is 301 g/mol. The molecule has 1 saturated carbocycles. The van der Waals surface area contributed by atoms with Crippen LogP contribution in [0.4, 0.5) is 0 Å². The molecule has 1 aromatic carbocycles. The molecule has 4 rings (SSSR count). The van der Waals surface area contributed by atoms with E-state index in [4.69, 9.17) is 19.7 Å². The number of nitrogens with two attached hydrogens (primary N) is 1. The summed E-state index contributed by atoms with van der Waals surface area (Å²) < 4.78 is 16.7. The lowest BCUT2D eigenvalue weighted by molar-refractivity contribution is 0.297. The highest BCUT2D eigenvalue weighted by Crippen LogP contribution is 2.37. The largest absolute Gasteiger partial charge is 0.490 e. The maximum absolute atomic E-state index is 6.37. The van der Waals surface area contributed by atoms with Crippen molar-refractivity contribution in [3.05, 3.63) is 24.0 Å². The first-order valence-corrected chi connectivity index (χ1v) is 7.78. The highest BCUT2D eigenvalue weighted by molar-refractivity contribution is 5.60. The molecular formula is C16H19N3O3. The normalized spacial score (nSPS) is 19.9. The third kappa shape index (κ3) is 2.33. The van der Waals surface area contributed by atoms with Crippen LogP contribution in [-0.2, 0) is 5.54 Å². The van der Waals surface area contributed by atoms with E-state index in [0.717, 1.165) is 49.2 Å². The molecule has 1 fully saturated rings. The van der Waals surface area contributed by atoms with Crippen molar-refractivity contribution in [3.63, 3.8) is 0 Å². The van der Waals surface area contributed by atoms with E-state index in [9.17, 15) is 0 Å². The Bertz CT molecular complexity index is 677. The van der Waals surface area contributed by atoms with Crippen LogP contribution < -0.4 is 15.2 Å². The van der Waals surface area contributed by atoms with E-state index in [0.29, 0.717) is 24.9 Å². The zero-order chi connectivity index (χ0) is 15.0. The number of aromatic nitrogens is 2. The fourth-order valence-corrected chi connectivity index (χ4v) is 3.07. The summed E-state index contributed by atoms with van der Waals surface area (Å²) in [6.07, 6.45) is 4.93. The summed E-state index contributed by atoms with van der Waals surface area (Å²) in [7, 11) is 0. The van der Waals surface area contributed by atoms with Gasteiger partial charge in [-0.3, -0.25) is 0 Å². The Balaban J connectivity index is 1.65. The maximum Gasteiger partial charge on any atom is 0.258 e. The second-order valence-electron chi connectivity index (χ2n) is 6.00. The smallest absolute Gasteiger partial charge is 0.258 e. The molecule has 1 aliphatic heterocycles. The molecule has 2 heterocycles. The van der Waals surface area contributed by atoms with Gasteiger partial charge in [-0.25, -0.2) is 0 Å². The Morgan fingerprint density at radius 1 is 1.00 bits per heavy atom. The lowest BCUT2D eigenvalue weighted by Gasteiger charge is -2.17. The first-order valence-electron chi connectivity index (χ1n) is 7.78. The molecule has 0 spiro atoms. The van der Waals surface area contributed by atoms with Gasteiger partial charge in [0.25, 0.3) is 5.89 Å². The van der Waals surface area contributed by atoms with E-state index in [1.807, 2.05) is 18.2 Å². The van der Waals surface area contributed by atoms with Crippen LogP contribution in [0, 0.1) is 0 Å². The van der Waals surface area contributed by atoms with Gasteiger partial charge in [0.2, 0.25) is 0 Å². The third-order valence-electron chi connectivity index (χ3n) is 4.36. The lowest BCUT2D eigenvalue weighted by Crippen LogP contribution is -2.34. The molecule has 0 radical (unpaired) electrons. The number of rotatable bonds is 2. The van der Waals surface area contributed by atoms with Crippen LogP contribution in [-0.4, -0.2) is 23.4 Å². The van der Waals surface area contributed by atoms with E-state index >= 15 is 0 Å². The van der Waals surface area contributed by atoms with Gasteiger partial charge in [0.1, 0.15) is 0 Å². The molecule has 1 aromatic heterocycles. The minimum atomic E-state index is -0.437. The highest BCUT2D eigenvalue weighted by atomic mass is 16.5. The molecule has 116 valence electrons. The van der Waals surface area contributed by atoms with Crippen molar-refractivity contribution in [1.82, 2.24) is 10.1 Å². The molecule has 2 aromatic rings. The maximum atomic E-state index is 6.37. The van der Waals surface area contributed by atoms with Crippen molar-refractivity contribution in [1.29, 1.82) is 0 Å². The van der Waals surface area contributed by atoms with Gasteiger partial charge in [-0.1, -0.05) is 18.0 Å². The molecule has 0 unspecified atom stereocenters. The number of ether oxygens (including phenoxy) is 2. The second kappa shape index (κ2) is 5.28. The molecule has 0 saturated heterocycles. The SMILES string of the molecule is NC1(c2noc(-c3ccc4c(c3)OCCCO4)n2)CCCC1. The molecule has 1 aliphatic carbocycles. The van der Waals surface area contributed by atoms with Crippen LogP contribution in [0.2, 0.25) is 0 Å². The van der Waals surface area contributed by atoms with Gasteiger partial charge in [-0.15, -0.1) is 0 Å². The summed E-state index contributed by atoms with van der Waals surface area (Å²) >= 11 is 0. The van der Waals surface area contributed by atoms with Gasteiger partial charge >= 0.3 is 0 Å². The van der Waals surface area contributed by atoms with Crippen LogP contribution >= 0.6 is 0 Å². The van der Waals surface area contributed by atoms with Crippen LogP contribution in [0.25, 0.3) is 11.5 Å². The molecule has 0 bridgehead atoms. The molecule has 2 aliphatic rings. The van der Waals surface area contributed by atoms with E-state index in [-0.39, 0.29) is 0 Å². The van der Waals surface area contributed by atoms with Gasteiger partial charge < -0.3 is 19.7 Å². The predicted octanol–water partition coefficient (Wildman–Crippen LogP) is 2.63. The molecule has 0 amide bonds. The van der Waals surface area contributed by atoms with E-state index < -0.39 is 5.54 Å². The van der Waals surface area contributed by atoms with Gasteiger partial charge in [-0.05, 0) is 31.0 Å². The topological polar surface area (TPSA) is 83.4 Å². The fourth-order valence-electron chi connectivity index (χ4n) is 3.07. The van der Waals surface area contributed by atoms with Crippen molar-refractivity contribution in [2.24, 2.45) is 5.73 Å². The lowest BCUT2D eigenvalue weighted by atomic mass is 9.99. The first-order chi connectivity index (χ1) is 10.7. The van der Waals surface area contributed by atoms with E-state index in [1.54, 1.807) is 0 Å². The highest BCUT2D eigenvalue weighted by Gasteiger charge is 2.36. The minimum Gasteiger partial charge on any atom is -0.490 e. The van der Waals surface area contributed by atoms with Crippen LogP contribution in [0.3, 0.4) is 0 Å². The number of benzene rings is 1. The summed E-state index contributed by atoms with van der Waals surface area (Å²) in [6, 6.07) is 5.67. The summed E-state index contributed by atoms with van der Waals surface area (Å²) in [5.74, 6) is 2.56. The van der Waals surface area contributed by atoms with Crippen LogP contribution in [0.1, 0.15) is 37.9 Å². The number of nitrogens with zero attached hydrogens (tertiary/aromatic N) is 2. The van der Waals surface area contributed by atoms with Crippen LogP contribution in [0.5, 0.6) is 11.5 Å². The molecule has 0 atom stereocenters. The van der Waals surface area contributed by atoms with Gasteiger partial charge in [0.15, 0.2) is 17.3 Å². The third-order valence-corrected chi connectivity index (χ3v) is 4.36. The number of fused-ring (bicyclic) bond motifs is 1. The molecule has 6 nitrogen and oxygen atoms in total. The Morgan fingerprint density at radius 2 is 1.77 bits per heavy atom. The second-order valence-corrected chi connectivity index (χ2v) is 6.00. The molecule has 6 heteroatoms. The van der Waals surface area contributed by atoms with E-state index in [2.05, 4.69) is 10.1 Å². The monoisotopic (exact) mass is 301 g/mol. The number of hydrogen-bond donors (Lipinski definition) is 1. The quantitative estimate of drug-likeness (QED) is 0.918. The summed E-state index contributed by atoms with van der Waals surface area (Å²) in [5.41, 5.74) is 6.76. The van der Waals surface area contributed by atoms with Crippen molar-refractivity contribution in [2.45, 2.75) is 37.6 Å². The predicted molar refractivity (Wildman–Crippen MR) is 79.7 cm³/mol. The van der Waals surface area contributed by atoms with Crippen molar-refractivity contribution < 1.29 is 14.0 Å². The van der Waals surface area contributed by atoms with Crippen molar-refractivity contribution in [2.75, 3.05) is 13.2 Å². The van der Waals surface area contributed by atoms with E-state index in [1.165, 1.54) is 0 Å². The minimum absolute atomic E-state index is 0.437. The Hall–Kier alpha value is -2.08. The van der Waals surface area contributed by atoms with Gasteiger partial charge in [0.05, 0.1) is 18.8 Å². The molecule has 22 heavy (non-hydrogen) atoms. The van der Waals surface area contributed by atoms with Crippen molar-refractivity contribution >= 4 is 0 Å². The summed E-state index contributed by atoms with van der Waals surface area (Å²) in [4.78, 5) is 4.51. The zero-order valence-corrected chi connectivity index (χ0v) is 12.4. The average Bonchev–Trinajstić information content (AvgIpc) is 3.12. The molecular weight excluding hydrogens is 282 g/mol. The molecule has 2 N–H and O–H groups in total. The number of hydrogen-bond acceptors (Lipinski definition) is 6. The van der Waals surface area contributed by atoms with Crippen molar-refractivity contribution in [3.8, 4) is 23.0 Å². The van der Waals surface area contributed by atoms with Gasteiger partial charge in [0, 0.05) is 12.0 Å². The van der Waals surface area contributed by atoms with Crippen LogP contribution in [0.15, 0.2) is 22.7 Å². The van der Waals surface area contributed by atoms with Gasteiger partial charge in [-0.2, -0.15) is 4.98 Å². The Labute approximate surface area is 128 Å². The zero-order valence-electron chi connectivity index (χ0n) is 12.4. The standard InChI is InChI=1S/C16H19N3O3/c17-16(6-1-2-7-16)15-18-14(22-19-15)11-4-5-12-13(10-11)21-9-3-8-20-12/h4-5,10H,1-3,6-9,17H2. The Kier molecular flexibility index (Phi) is 3.26. The fraction of sp³-hybridized carbons (Fsp3) is 0.500. The Morgan fingerprint density at radius 3 is 2.59 bits per heavy atom. The summed E-state index contributed by atoms with van der Waals surface area (Å²) in [5, 5.41) is 4.09. The first kappa shape index (κ1) is 13.6.